The van der Waals surface area contributed by atoms with Gasteiger partial charge in [-0.15, -0.1) is 0 Å². The van der Waals surface area contributed by atoms with Crippen LogP contribution in [0.3, 0.4) is 0 Å². The largest absolute Gasteiger partial charge is 0.497 e. The maximum atomic E-state index is 12.6. The van der Waals surface area contributed by atoms with E-state index in [0.29, 0.717) is 25.9 Å². The van der Waals surface area contributed by atoms with Gasteiger partial charge in [0.2, 0.25) is 10.0 Å². The molecule has 8 nitrogen and oxygen atoms in total. The zero-order valence-corrected chi connectivity index (χ0v) is 17.2. The van der Waals surface area contributed by atoms with Crippen molar-refractivity contribution in [3.63, 3.8) is 0 Å². The topological polar surface area (TPSA) is 113 Å². The number of hydrogen-bond acceptors (Lipinski definition) is 5. The lowest BCUT2D eigenvalue weighted by Crippen LogP contribution is -2.47. The van der Waals surface area contributed by atoms with Crippen LogP contribution >= 0.6 is 0 Å². The van der Waals surface area contributed by atoms with Crippen LogP contribution in [0.25, 0.3) is 11.0 Å². The SMILES string of the molecule is COc1ccc2nc(CC3CN(S(=O)(=O)C(C)C)CCC3CC(=O)O)[nH]c2c1. The number of carboxylic acids is 1. The van der Waals surface area contributed by atoms with E-state index in [9.17, 15) is 18.3 Å². The van der Waals surface area contributed by atoms with Crippen molar-refractivity contribution in [3.8, 4) is 5.75 Å². The number of ether oxygens (including phenoxy) is 1. The molecule has 1 aliphatic heterocycles. The number of piperidine rings is 1. The molecule has 0 amide bonds. The molecule has 3 rings (SSSR count). The van der Waals surface area contributed by atoms with Crippen molar-refractivity contribution in [2.45, 2.75) is 38.4 Å². The fourth-order valence-corrected chi connectivity index (χ4v) is 5.17. The molecule has 1 aromatic carbocycles. The highest BCUT2D eigenvalue weighted by Gasteiger charge is 2.37. The van der Waals surface area contributed by atoms with Crippen LogP contribution in [-0.2, 0) is 21.2 Å². The standard InChI is InChI=1S/C19H27N3O5S/c1-12(2)28(25,26)22-7-6-13(9-19(23)24)14(11-22)8-18-20-16-5-4-15(27-3)10-17(16)21-18/h4-5,10,12-14H,6-9,11H2,1-3H3,(H,20,21)(H,23,24). The van der Waals surface area contributed by atoms with Crippen LogP contribution in [0.15, 0.2) is 18.2 Å². The Morgan fingerprint density at radius 1 is 1.39 bits per heavy atom. The van der Waals surface area contributed by atoms with Gasteiger partial charge in [0.05, 0.1) is 23.4 Å². The van der Waals surface area contributed by atoms with Gasteiger partial charge in [-0.1, -0.05) is 0 Å². The first kappa shape index (κ1) is 20.6. The number of nitrogens with zero attached hydrogens (tertiary/aromatic N) is 2. The Labute approximate surface area is 165 Å². The monoisotopic (exact) mass is 409 g/mol. The first-order chi connectivity index (χ1) is 13.2. The van der Waals surface area contributed by atoms with Crippen LogP contribution in [0.4, 0.5) is 0 Å². The van der Waals surface area contributed by atoms with Gasteiger partial charge in [-0.2, -0.15) is 0 Å². The number of methoxy groups -OCH3 is 1. The van der Waals surface area contributed by atoms with Gasteiger partial charge < -0.3 is 14.8 Å². The molecule has 2 N–H and O–H groups in total. The van der Waals surface area contributed by atoms with Gasteiger partial charge in [-0.05, 0) is 44.2 Å². The Morgan fingerprint density at radius 3 is 2.79 bits per heavy atom. The van der Waals surface area contributed by atoms with Crippen LogP contribution < -0.4 is 4.74 Å². The zero-order chi connectivity index (χ0) is 20.5. The first-order valence-corrected chi connectivity index (χ1v) is 10.9. The van der Waals surface area contributed by atoms with Gasteiger partial charge >= 0.3 is 5.97 Å². The molecule has 2 atom stereocenters. The predicted octanol–water partition coefficient (Wildman–Crippen LogP) is 2.26. The molecule has 0 spiro atoms. The minimum Gasteiger partial charge on any atom is -0.497 e. The Bertz CT molecular complexity index is 954. The van der Waals surface area contributed by atoms with Gasteiger partial charge in [0.15, 0.2) is 0 Å². The molecule has 2 heterocycles. The summed E-state index contributed by atoms with van der Waals surface area (Å²) in [6.45, 7) is 4.02. The first-order valence-electron chi connectivity index (χ1n) is 9.44. The van der Waals surface area contributed by atoms with Gasteiger partial charge in [0.25, 0.3) is 0 Å². The van der Waals surface area contributed by atoms with Crippen LogP contribution in [0, 0.1) is 11.8 Å². The van der Waals surface area contributed by atoms with Gasteiger partial charge in [-0.3, -0.25) is 4.79 Å². The van der Waals surface area contributed by atoms with E-state index in [1.54, 1.807) is 21.0 Å². The van der Waals surface area contributed by atoms with E-state index in [4.69, 9.17) is 4.74 Å². The number of aromatic nitrogens is 2. The van der Waals surface area contributed by atoms with E-state index in [1.807, 2.05) is 18.2 Å². The number of H-pyrrole nitrogens is 1. The van der Waals surface area contributed by atoms with Gasteiger partial charge in [-0.25, -0.2) is 17.7 Å². The van der Waals surface area contributed by atoms with Gasteiger partial charge in [0, 0.05) is 32.0 Å². The number of fused-ring (bicyclic) bond motifs is 1. The number of imidazole rings is 1. The second-order valence-electron chi connectivity index (χ2n) is 7.63. The maximum absolute atomic E-state index is 12.6. The lowest BCUT2D eigenvalue weighted by atomic mass is 9.82. The number of carbonyl (C=O) groups is 1. The molecule has 9 heteroatoms. The van der Waals surface area contributed by atoms with Gasteiger partial charge in [0.1, 0.15) is 11.6 Å². The highest BCUT2D eigenvalue weighted by molar-refractivity contribution is 7.89. The van der Waals surface area contributed by atoms with Crippen LogP contribution in [0.5, 0.6) is 5.75 Å². The van der Waals surface area contributed by atoms with Crippen molar-refractivity contribution >= 4 is 27.0 Å². The molecule has 1 aromatic heterocycles. The number of aliphatic carboxylic acids is 1. The number of carboxylic acid groups (broad SMARTS) is 1. The Kier molecular flexibility index (Phi) is 5.95. The summed E-state index contributed by atoms with van der Waals surface area (Å²) < 4.78 is 31.9. The molecule has 1 aliphatic rings. The molecule has 2 aromatic rings. The highest BCUT2D eigenvalue weighted by Crippen LogP contribution is 2.32. The fraction of sp³-hybridized carbons (Fsp3) is 0.579. The normalized spacial score (nSPS) is 21.3. The number of hydrogen-bond donors (Lipinski definition) is 2. The molecule has 28 heavy (non-hydrogen) atoms. The molecule has 1 saturated heterocycles. The molecule has 0 aliphatic carbocycles. The molecule has 154 valence electrons. The Balaban J connectivity index is 1.84. The lowest BCUT2D eigenvalue weighted by molar-refractivity contribution is -0.138. The number of sulfonamides is 1. The van der Waals surface area contributed by atoms with Crippen molar-refractivity contribution in [2.24, 2.45) is 11.8 Å². The zero-order valence-electron chi connectivity index (χ0n) is 16.4. The maximum Gasteiger partial charge on any atom is 0.303 e. The third-order valence-electron chi connectivity index (χ3n) is 5.44. The van der Waals surface area contributed by atoms with Crippen molar-refractivity contribution in [1.82, 2.24) is 14.3 Å². The number of aromatic amines is 1. The van der Waals surface area contributed by atoms with Crippen molar-refractivity contribution in [1.29, 1.82) is 0 Å². The van der Waals surface area contributed by atoms with E-state index in [0.717, 1.165) is 22.6 Å². The summed E-state index contributed by atoms with van der Waals surface area (Å²) in [6, 6.07) is 5.55. The lowest BCUT2D eigenvalue weighted by Gasteiger charge is -2.38. The van der Waals surface area contributed by atoms with Crippen LogP contribution in [-0.4, -0.2) is 59.2 Å². The Hall–Kier alpha value is -2.13. The number of rotatable bonds is 7. The molecule has 0 radical (unpaired) electrons. The summed E-state index contributed by atoms with van der Waals surface area (Å²) in [4.78, 5) is 19.1. The van der Waals surface area contributed by atoms with E-state index < -0.39 is 21.2 Å². The quantitative estimate of drug-likeness (QED) is 0.725. The average Bonchev–Trinajstić information content (AvgIpc) is 3.03. The number of benzene rings is 1. The summed E-state index contributed by atoms with van der Waals surface area (Å²) in [5.74, 6) is 0.398. The van der Waals surface area contributed by atoms with Crippen molar-refractivity contribution in [3.05, 3.63) is 24.0 Å². The number of nitrogens with one attached hydrogen (secondary N) is 1. The third kappa shape index (κ3) is 4.30. The van der Waals surface area contributed by atoms with E-state index in [1.165, 1.54) is 4.31 Å². The molecule has 1 fully saturated rings. The van der Waals surface area contributed by atoms with Crippen molar-refractivity contribution < 1.29 is 23.1 Å². The summed E-state index contributed by atoms with van der Waals surface area (Å²) in [5.41, 5.74) is 1.64. The average molecular weight is 410 g/mol. The molecule has 0 saturated carbocycles. The second kappa shape index (κ2) is 8.08. The summed E-state index contributed by atoms with van der Waals surface area (Å²) >= 11 is 0. The van der Waals surface area contributed by atoms with E-state index >= 15 is 0 Å². The van der Waals surface area contributed by atoms with E-state index in [2.05, 4.69) is 9.97 Å². The van der Waals surface area contributed by atoms with E-state index in [-0.39, 0.29) is 18.3 Å². The third-order valence-corrected chi connectivity index (χ3v) is 7.68. The minimum absolute atomic E-state index is 0.0360. The molecule has 2 unspecified atom stereocenters. The minimum atomic E-state index is -3.37. The summed E-state index contributed by atoms with van der Waals surface area (Å²) in [6.07, 6.45) is 1.07. The Morgan fingerprint density at radius 2 is 2.14 bits per heavy atom. The summed E-state index contributed by atoms with van der Waals surface area (Å²) in [7, 11) is -1.77. The van der Waals surface area contributed by atoms with Crippen LogP contribution in [0.1, 0.15) is 32.5 Å². The fourth-order valence-electron chi connectivity index (χ4n) is 3.81. The van der Waals surface area contributed by atoms with Crippen LogP contribution in [0.2, 0.25) is 0 Å². The second-order valence-corrected chi connectivity index (χ2v) is 10.1. The molecule has 0 bridgehead atoms. The predicted molar refractivity (Wildman–Crippen MR) is 106 cm³/mol. The molecular weight excluding hydrogens is 382 g/mol. The van der Waals surface area contributed by atoms with Crippen molar-refractivity contribution in [2.75, 3.05) is 20.2 Å². The smallest absolute Gasteiger partial charge is 0.303 e. The molecular formula is C19H27N3O5S. The summed E-state index contributed by atoms with van der Waals surface area (Å²) in [5, 5.41) is 8.77. The highest BCUT2D eigenvalue weighted by atomic mass is 32.2.